The first-order valence-corrected chi connectivity index (χ1v) is 28.4. The van der Waals surface area contributed by atoms with Crippen molar-refractivity contribution in [2.75, 3.05) is 0 Å². The molecule has 11 rings (SSSR count). The first kappa shape index (κ1) is 47.0. The van der Waals surface area contributed by atoms with Crippen LogP contribution in [0.25, 0.3) is 22.3 Å². The summed E-state index contributed by atoms with van der Waals surface area (Å²) in [5.74, 6) is 5.49. The second-order valence-corrected chi connectivity index (χ2v) is 22.9. The van der Waals surface area contributed by atoms with Gasteiger partial charge in [0.15, 0.2) is 11.5 Å². The molecule has 70 heavy (non-hydrogen) atoms. The van der Waals surface area contributed by atoms with Crippen LogP contribution in [-0.4, -0.2) is 12.1 Å². The van der Waals surface area contributed by atoms with Crippen molar-refractivity contribution in [2.45, 2.75) is 155 Å². The summed E-state index contributed by atoms with van der Waals surface area (Å²) in [6, 6.07) is 46.8. The van der Waals surface area contributed by atoms with Crippen molar-refractivity contribution in [1.29, 1.82) is 0 Å². The predicted octanol–water partition coefficient (Wildman–Crippen LogP) is 17.9. The minimum Gasteiger partial charge on any atom is -0.481 e. The number of nitrogens with zero attached hydrogens (tertiary/aromatic N) is 2. The number of para-hydroxylation sites is 1. The monoisotopic (exact) mass is 960 g/mol. The van der Waals surface area contributed by atoms with Gasteiger partial charge in [-0.1, -0.05) is 180 Å². The van der Waals surface area contributed by atoms with Crippen LogP contribution in [0.2, 0.25) is 0 Å². The molecule has 0 N–H and O–H groups in total. The van der Waals surface area contributed by atoms with Gasteiger partial charge in [0.05, 0.1) is 0 Å². The van der Waals surface area contributed by atoms with Crippen molar-refractivity contribution in [2.24, 2.45) is 21.8 Å². The molecule has 0 spiro atoms. The van der Waals surface area contributed by atoms with Gasteiger partial charge in [-0.3, -0.25) is 4.99 Å². The maximum atomic E-state index is 6.69. The highest BCUT2D eigenvalue weighted by Crippen LogP contribution is 2.45. The zero-order chi connectivity index (χ0) is 47.2. The van der Waals surface area contributed by atoms with Crippen molar-refractivity contribution in [3.63, 3.8) is 0 Å². The number of fused-ring (bicyclic) bond motifs is 4. The average molecular weight is 961 g/mol. The standard InChI is InChI=1S/C64H68N2O2S2/c1-3-5-7-11-43-17-21-45(22-18-43)47-25-29-49(30-26-47)51-33-37-53(38-34-51)69-61-15-9-13-57-63(61)65-55-41-60-56(42-59(55)67-57)66-64-58(68-60)14-10-16-62(64)70-54-39-35-52(36-40-54)50-31-27-48(28-32-50)46-23-19-44(20-24-46)12-8-6-4-2/h9-10,13-16,25-46,57,63H,3-8,11-12,17-24H2,1-2H3. The highest BCUT2D eigenvalue weighted by Gasteiger charge is 2.32. The lowest BCUT2D eigenvalue weighted by Crippen LogP contribution is -2.38. The Morgan fingerprint density at radius 2 is 1.06 bits per heavy atom. The molecule has 0 bridgehead atoms. The van der Waals surface area contributed by atoms with Crippen LogP contribution in [0.15, 0.2) is 175 Å². The number of unbranched alkanes of at least 4 members (excludes halogenated alkanes) is 4. The first-order valence-electron chi connectivity index (χ1n) is 26.8. The van der Waals surface area contributed by atoms with E-state index in [1.807, 2.05) is 18.2 Å². The SMILES string of the molecule is CCCCCC1CCC(c2ccc(-c3ccc(SC4=CC=CC5Oc6cc7c(cc6=NC45)Oc4cccc(Sc5ccc(-c6ccc(C8CCC(CCCCC)CC8)cc6)cc5)c4N=7)cc3)cc2)CC1. The van der Waals surface area contributed by atoms with Gasteiger partial charge in [0, 0.05) is 31.7 Å². The quantitative estimate of drug-likeness (QED) is 0.0905. The van der Waals surface area contributed by atoms with Gasteiger partial charge in [-0.15, -0.1) is 0 Å². The Morgan fingerprint density at radius 3 is 1.61 bits per heavy atom. The van der Waals surface area contributed by atoms with E-state index in [1.54, 1.807) is 23.5 Å². The normalized spacial score (nSPS) is 22.2. The maximum Gasteiger partial charge on any atom is 0.155 e. The Kier molecular flexibility index (Phi) is 14.8. The molecule has 4 nitrogen and oxygen atoms in total. The molecular formula is C64H68N2O2S2. The molecule has 2 heterocycles. The fourth-order valence-electron chi connectivity index (χ4n) is 11.7. The number of hydrogen-bond donors (Lipinski definition) is 0. The van der Waals surface area contributed by atoms with Crippen LogP contribution in [-0.2, 0) is 0 Å². The molecule has 5 aliphatic rings. The van der Waals surface area contributed by atoms with Crippen molar-refractivity contribution < 1.29 is 9.47 Å². The number of benzene rings is 6. The second-order valence-electron chi connectivity index (χ2n) is 20.6. The highest BCUT2D eigenvalue weighted by molar-refractivity contribution is 8.03. The zero-order valence-corrected chi connectivity index (χ0v) is 42.8. The van der Waals surface area contributed by atoms with Gasteiger partial charge in [-0.2, -0.15) is 0 Å². The third-order valence-corrected chi connectivity index (χ3v) is 18.1. The van der Waals surface area contributed by atoms with Gasteiger partial charge in [-0.25, -0.2) is 4.99 Å². The highest BCUT2D eigenvalue weighted by atomic mass is 32.2. The molecule has 2 saturated carbocycles. The Labute approximate surface area is 425 Å². The van der Waals surface area contributed by atoms with Gasteiger partial charge in [0.1, 0.15) is 34.3 Å². The van der Waals surface area contributed by atoms with E-state index < -0.39 is 0 Å². The molecule has 0 radical (unpaired) electrons. The fraction of sp³-hybridized carbons (Fsp3) is 0.375. The smallest absolute Gasteiger partial charge is 0.155 e. The maximum absolute atomic E-state index is 6.69. The van der Waals surface area contributed by atoms with E-state index in [1.165, 1.54) is 141 Å². The molecule has 2 aliphatic heterocycles. The van der Waals surface area contributed by atoms with E-state index in [0.717, 1.165) is 54.4 Å². The lowest BCUT2D eigenvalue weighted by molar-refractivity contribution is 0.213. The fourth-order valence-corrected chi connectivity index (χ4v) is 13.6. The van der Waals surface area contributed by atoms with Crippen LogP contribution in [0.1, 0.15) is 140 Å². The minimum absolute atomic E-state index is 0.143. The minimum atomic E-state index is -0.194. The lowest BCUT2D eigenvalue weighted by Gasteiger charge is -2.30. The van der Waals surface area contributed by atoms with Gasteiger partial charge in [-0.05, 0) is 151 Å². The molecule has 0 saturated heterocycles. The van der Waals surface area contributed by atoms with Gasteiger partial charge < -0.3 is 9.47 Å². The lowest BCUT2D eigenvalue weighted by atomic mass is 9.77. The topological polar surface area (TPSA) is 43.2 Å². The number of rotatable bonds is 16. The number of allylic oxidation sites excluding steroid dienone is 2. The Bertz CT molecular complexity index is 2930. The van der Waals surface area contributed by atoms with E-state index >= 15 is 0 Å². The average Bonchev–Trinajstić information content (AvgIpc) is 3.41. The predicted molar refractivity (Wildman–Crippen MR) is 292 cm³/mol. The molecule has 0 amide bonds. The van der Waals surface area contributed by atoms with Crippen molar-refractivity contribution >= 4 is 29.2 Å². The van der Waals surface area contributed by atoms with Crippen LogP contribution in [0.4, 0.5) is 5.69 Å². The third kappa shape index (κ3) is 10.8. The molecule has 2 atom stereocenters. The summed E-state index contributed by atoms with van der Waals surface area (Å²) in [7, 11) is 0. The van der Waals surface area contributed by atoms with E-state index in [9.17, 15) is 0 Å². The van der Waals surface area contributed by atoms with Crippen LogP contribution in [0.5, 0.6) is 17.2 Å². The van der Waals surface area contributed by atoms with Crippen LogP contribution >= 0.6 is 23.5 Å². The van der Waals surface area contributed by atoms with Crippen LogP contribution < -0.4 is 20.2 Å². The first-order chi connectivity index (χ1) is 34.5. The molecular weight excluding hydrogens is 893 g/mol. The van der Waals surface area contributed by atoms with Crippen LogP contribution in [0, 0.1) is 11.8 Å². The Balaban J connectivity index is 0.723. The molecule has 6 aromatic rings. The summed E-state index contributed by atoms with van der Waals surface area (Å²) >= 11 is 3.49. The number of hydrogen-bond acceptors (Lipinski definition) is 6. The Hall–Kier alpha value is -5.30. The third-order valence-electron chi connectivity index (χ3n) is 15.9. The molecule has 2 fully saturated rings. The molecule has 358 valence electrons. The molecule has 6 aromatic carbocycles. The van der Waals surface area contributed by atoms with E-state index in [-0.39, 0.29) is 12.1 Å². The van der Waals surface area contributed by atoms with E-state index in [2.05, 4.69) is 141 Å². The van der Waals surface area contributed by atoms with E-state index in [4.69, 9.17) is 19.5 Å². The van der Waals surface area contributed by atoms with Crippen LogP contribution in [0.3, 0.4) is 0 Å². The summed E-state index contributed by atoms with van der Waals surface area (Å²) < 4.78 is 13.3. The molecule has 3 aliphatic carbocycles. The van der Waals surface area contributed by atoms with Crippen molar-refractivity contribution in [3.8, 4) is 39.5 Å². The van der Waals surface area contributed by atoms with Crippen molar-refractivity contribution in [3.05, 3.63) is 172 Å². The molecule has 2 unspecified atom stereocenters. The van der Waals surface area contributed by atoms with Gasteiger partial charge >= 0.3 is 0 Å². The summed E-state index contributed by atoms with van der Waals surface area (Å²) in [6.07, 6.45) is 28.2. The largest absolute Gasteiger partial charge is 0.481 e. The molecule has 6 heteroatoms. The molecule has 0 aromatic heterocycles. The van der Waals surface area contributed by atoms with Gasteiger partial charge in [0.2, 0.25) is 0 Å². The Morgan fingerprint density at radius 1 is 0.529 bits per heavy atom. The zero-order valence-electron chi connectivity index (χ0n) is 41.2. The summed E-state index contributed by atoms with van der Waals surface area (Å²) in [5.41, 5.74) is 8.90. The van der Waals surface area contributed by atoms with Gasteiger partial charge in [0.25, 0.3) is 0 Å². The number of thioether (sulfide) groups is 1. The van der Waals surface area contributed by atoms with Crippen molar-refractivity contribution in [1.82, 2.24) is 0 Å². The summed E-state index contributed by atoms with van der Waals surface area (Å²) in [5, 5.41) is 1.55. The second kappa shape index (κ2) is 22.0. The van der Waals surface area contributed by atoms with E-state index in [0.29, 0.717) is 17.6 Å². The summed E-state index contributed by atoms with van der Waals surface area (Å²) in [4.78, 5) is 15.0. The number of ether oxygens (including phenoxy) is 2. The summed E-state index contributed by atoms with van der Waals surface area (Å²) in [6.45, 7) is 4.61.